The molecule has 32 heavy (non-hydrogen) atoms. The Morgan fingerprint density at radius 2 is 1.59 bits per heavy atom. The van der Waals surface area contributed by atoms with Crippen LogP contribution in [-0.2, 0) is 0 Å². The molecular weight excluding hydrogens is 445 g/mol. The zero-order valence-electron chi connectivity index (χ0n) is 16.5. The first-order valence-corrected chi connectivity index (χ1v) is 10.5. The van der Waals surface area contributed by atoms with Gasteiger partial charge in [-0.25, -0.2) is 4.98 Å². The summed E-state index contributed by atoms with van der Waals surface area (Å²) >= 11 is 12.2. The third-order valence-corrected chi connectivity index (χ3v) is 5.61. The van der Waals surface area contributed by atoms with E-state index < -0.39 is 11.3 Å². The number of H-pyrrole nitrogens is 2. The second kappa shape index (κ2) is 8.11. The first-order chi connectivity index (χ1) is 15.5. The van der Waals surface area contributed by atoms with Gasteiger partial charge in [0, 0.05) is 26.5 Å². The van der Waals surface area contributed by atoms with Crippen LogP contribution in [0, 0.1) is 0 Å². The average molecular weight is 460 g/mol. The lowest BCUT2D eigenvalue weighted by atomic mass is 9.94. The molecule has 5 aromatic rings. The molecule has 0 atom stereocenters. The van der Waals surface area contributed by atoms with Crippen LogP contribution >= 0.6 is 23.2 Å². The molecule has 5 nitrogen and oxygen atoms in total. The summed E-state index contributed by atoms with van der Waals surface area (Å²) in [5, 5.41) is 1.78. The molecule has 156 valence electrons. The summed E-state index contributed by atoms with van der Waals surface area (Å²) < 4.78 is 0. The van der Waals surface area contributed by atoms with Crippen molar-refractivity contribution in [3.63, 3.8) is 0 Å². The summed E-state index contributed by atoms with van der Waals surface area (Å²) in [6.45, 7) is 0. The van der Waals surface area contributed by atoms with Crippen molar-refractivity contribution < 1.29 is 4.79 Å². The molecule has 3 aromatic carbocycles. The van der Waals surface area contributed by atoms with Crippen LogP contribution in [0.1, 0.15) is 16.2 Å². The quantitative estimate of drug-likeness (QED) is 0.245. The van der Waals surface area contributed by atoms with Crippen LogP contribution in [0.25, 0.3) is 39.1 Å². The number of hydrogen-bond acceptors (Lipinski definition) is 3. The Balaban J connectivity index is 1.65. The van der Waals surface area contributed by atoms with Gasteiger partial charge in [-0.1, -0.05) is 53.5 Å². The molecular formula is C25H15Cl2N3O2. The van der Waals surface area contributed by atoms with Crippen molar-refractivity contribution in [3.05, 3.63) is 105 Å². The van der Waals surface area contributed by atoms with Gasteiger partial charge >= 0.3 is 0 Å². The molecule has 0 amide bonds. The Hall–Kier alpha value is -3.67. The Kier molecular flexibility index (Phi) is 5.13. The van der Waals surface area contributed by atoms with Gasteiger partial charge < -0.3 is 9.97 Å². The fourth-order valence-corrected chi connectivity index (χ4v) is 4.06. The van der Waals surface area contributed by atoms with E-state index in [0.29, 0.717) is 37.9 Å². The summed E-state index contributed by atoms with van der Waals surface area (Å²) in [4.78, 5) is 36.5. The standard InChI is InChI=1S/C25H15Cl2N3O2/c26-15-6-8-18-17(12-15)23(14-4-2-1-3-5-14)24(25(32)30-18)21(31)10-11-22-28-19-9-7-16(27)13-20(19)29-22/h1-13H,(H,28,29)(H,30,32). The Labute approximate surface area is 192 Å². The van der Waals surface area contributed by atoms with Gasteiger partial charge in [-0.05, 0) is 54.1 Å². The number of carbonyl (C=O) groups is 1. The van der Waals surface area contributed by atoms with Gasteiger partial charge in [0.05, 0.1) is 16.6 Å². The molecule has 0 radical (unpaired) electrons. The monoisotopic (exact) mass is 459 g/mol. The number of rotatable bonds is 4. The van der Waals surface area contributed by atoms with Crippen LogP contribution in [0.2, 0.25) is 10.0 Å². The zero-order chi connectivity index (χ0) is 22.2. The number of allylic oxidation sites excluding steroid dienone is 1. The van der Waals surface area contributed by atoms with Crippen LogP contribution in [0.15, 0.2) is 77.6 Å². The smallest absolute Gasteiger partial charge is 0.260 e. The second-order valence-electron chi connectivity index (χ2n) is 7.24. The molecule has 2 aromatic heterocycles. The molecule has 7 heteroatoms. The van der Waals surface area contributed by atoms with E-state index in [4.69, 9.17) is 23.2 Å². The fourth-order valence-electron chi connectivity index (χ4n) is 3.72. The van der Waals surface area contributed by atoms with Crippen LogP contribution in [0.4, 0.5) is 0 Å². The summed E-state index contributed by atoms with van der Waals surface area (Å²) in [6.07, 6.45) is 2.89. The summed E-state index contributed by atoms with van der Waals surface area (Å²) in [7, 11) is 0. The van der Waals surface area contributed by atoms with Gasteiger partial charge in [-0.3, -0.25) is 9.59 Å². The van der Waals surface area contributed by atoms with Crippen LogP contribution < -0.4 is 5.56 Å². The average Bonchev–Trinajstić information content (AvgIpc) is 3.19. The lowest BCUT2D eigenvalue weighted by Gasteiger charge is -2.11. The third-order valence-electron chi connectivity index (χ3n) is 5.14. The number of hydrogen-bond donors (Lipinski definition) is 2. The largest absolute Gasteiger partial charge is 0.338 e. The van der Waals surface area contributed by atoms with E-state index in [2.05, 4.69) is 15.0 Å². The number of ketones is 1. The third kappa shape index (κ3) is 3.73. The van der Waals surface area contributed by atoms with Crippen molar-refractivity contribution in [1.29, 1.82) is 0 Å². The maximum Gasteiger partial charge on any atom is 0.260 e. The van der Waals surface area contributed by atoms with E-state index in [1.54, 1.807) is 36.4 Å². The summed E-state index contributed by atoms with van der Waals surface area (Å²) in [5.41, 5.74) is 2.95. The second-order valence-corrected chi connectivity index (χ2v) is 8.11. The van der Waals surface area contributed by atoms with E-state index in [1.165, 1.54) is 6.08 Å². The van der Waals surface area contributed by atoms with Crippen LogP contribution in [-0.4, -0.2) is 20.7 Å². The number of halogens is 2. The highest BCUT2D eigenvalue weighted by atomic mass is 35.5. The highest BCUT2D eigenvalue weighted by molar-refractivity contribution is 6.32. The number of pyridine rings is 1. The van der Waals surface area contributed by atoms with E-state index in [0.717, 1.165) is 11.1 Å². The molecule has 2 N–H and O–H groups in total. The van der Waals surface area contributed by atoms with Gasteiger partial charge in [0.2, 0.25) is 0 Å². The van der Waals surface area contributed by atoms with Crippen molar-refractivity contribution in [2.75, 3.05) is 0 Å². The van der Waals surface area contributed by atoms with Gasteiger partial charge in [0.1, 0.15) is 5.82 Å². The first kappa shape index (κ1) is 20.2. The zero-order valence-corrected chi connectivity index (χ0v) is 18.0. The molecule has 0 aliphatic rings. The number of aromatic amines is 2. The van der Waals surface area contributed by atoms with Gasteiger partial charge in [0.25, 0.3) is 5.56 Å². The van der Waals surface area contributed by atoms with E-state index in [1.807, 2.05) is 36.4 Å². The fraction of sp³-hybridized carbons (Fsp3) is 0. The van der Waals surface area contributed by atoms with Crippen molar-refractivity contribution in [3.8, 4) is 11.1 Å². The Bertz CT molecular complexity index is 1580. The van der Waals surface area contributed by atoms with E-state index in [9.17, 15) is 9.59 Å². The highest BCUT2D eigenvalue weighted by Gasteiger charge is 2.19. The maximum absolute atomic E-state index is 13.2. The molecule has 0 fully saturated rings. The predicted molar refractivity (Wildman–Crippen MR) is 129 cm³/mol. The first-order valence-electron chi connectivity index (χ1n) is 9.78. The van der Waals surface area contributed by atoms with Crippen molar-refractivity contribution in [2.45, 2.75) is 0 Å². The van der Waals surface area contributed by atoms with Gasteiger partial charge in [-0.15, -0.1) is 0 Å². The topological polar surface area (TPSA) is 78.6 Å². The van der Waals surface area contributed by atoms with Crippen molar-refractivity contribution >= 4 is 57.0 Å². The van der Waals surface area contributed by atoms with Crippen LogP contribution in [0.3, 0.4) is 0 Å². The lowest BCUT2D eigenvalue weighted by Crippen LogP contribution is -2.18. The molecule has 0 aliphatic heterocycles. The highest BCUT2D eigenvalue weighted by Crippen LogP contribution is 2.31. The molecule has 0 unspecified atom stereocenters. The number of nitrogens with zero attached hydrogens (tertiary/aromatic N) is 1. The molecule has 0 spiro atoms. The number of nitrogens with one attached hydrogen (secondary N) is 2. The van der Waals surface area contributed by atoms with Crippen LogP contribution in [0.5, 0.6) is 0 Å². The van der Waals surface area contributed by atoms with Crippen molar-refractivity contribution in [2.24, 2.45) is 0 Å². The summed E-state index contributed by atoms with van der Waals surface area (Å²) in [5.74, 6) is 0.0441. The van der Waals surface area contributed by atoms with Gasteiger partial charge in [-0.2, -0.15) is 0 Å². The Morgan fingerprint density at radius 3 is 2.38 bits per heavy atom. The maximum atomic E-state index is 13.2. The number of benzene rings is 3. The SMILES string of the molecule is O=C(C=Cc1nc2cc(Cl)ccc2[nH]1)c1c(-c2ccccc2)c2cc(Cl)ccc2[nH]c1=O. The molecule has 0 aliphatic carbocycles. The van der Waals surface area contributed by atoms with Crippen molar-refractivity contribution in [1.82, 2.24) is 15.0 Å². The molecule has 2 heterocycles. The number of fused-ring (bicyclic) bond motifs is 2. The Morgan fingerprint density at radius 1 is 0.875 bits per heavy atom. The number of aromatic nitrogens is 3. The summed E-state index contributed by atoms with van der Waals surface area (Å²) in [6, 6.07) is 19.8. The minimum atomic E-state index is -0.468. The number of carbonyl (C=O) groups excluding carboxylic acids is 1. The molecule has 5 rings (SSSR count). The molecule has 0 saturated carbocycles. The molecule has 0 saturated heterocycles. The van der Waals surface area contributed by atoms with Gasteiger partial charge in [0.15, 0.2) is 5.78 Å². The number of imidazole rings is 1. The minimum absolute atomic E-state index is 0.0429. The molecule has 0 bridgehead atoms. The minimum Gasteiger partial charge on any atom is -0.338 e. The predicted octanol–water partition coefficient (Wildman–Crippen LogP) is 6.27. The van der Waals surface area contributed by atoms with E-state index >= 15 is 0 Å². The van der Waals surface area contributed by atoms with E-state index in [-0.39, 0.29) is 5.56 Å². The normalized spacial score (nSPS) is 11.6. The lowest BCUT2D eigenvalue weighted by molar-refractivity contribution is 0.104.